The smallest absolute Gasteiger partial charge is 0.260 e. The van der Waals surface area contributed by atoms with Crippen LogP contribution in [0.15, 0.2) is 22.5 Å². The maximum atomic E-state index is 12.1. The minimum absolute atomic E-state index is 0.0404. The highest BCUT2D eigenvalue weighted by molar-refractivity contribution is 6.07. The molecule has 0 saturated carbocycles. The molecule has 0 aliphatic carbocycles. The highest BCUT2D eigenvalue weighted by Gasteiger charge is 2.46. The number of ether oxygens (including phenoxy) is 1. The number of hydrogen-bond donors (Lipinski definition) is 6. The number of amidine groups is 1. The lowest BCUT2D eigenvalue weighted by atomic mass is 10.1. The first-order valence-corrected chi connectivity index (χ1v) is 7.12. The summed E-state index contributed by atoms with van der Waals surface area (Å²) in [5, 5.41) is 41.7. The first kappa shape index (κ1) is 16.4. The van der Waals surface area contributed by atoms with E-state index in [1.807, 2.05) is 0 Å². The van der Waals surface area contributed by atoms with E-state index in [-0.39, 0.29) is 22.4 Å². The molecular weight excluding hydrogens is 322 g/mol. The molecule has 0 bridgehead atoms. The van der Waals surface area contributed by atoms with Crippen LogP contribution in [-0.2, 0) is 4.74 Å². The maximum Gasteiger partial charge on any atom is 0.260 e. The van der Waals surface area contributed by atoms with Gasteiger partial charge >= 0.3 is 0 Å². The van der Waals surface area contributed by atoms with E-state index in [9.17, 15) is 20.1 Å². The van der Waals surface area contributed by atoms with Crippen LogP contribution in [0, 0.1) is 0 Å². The second-order valence-electron chi connectivity index (χ2n) is 5.58. The monoisotopic (exact) mass is 339 g/mol. The zero-order chi connectivity index (χ0) is 17.6. The normalized spacial score (nSPS) is 29.2. The molecule has 0 radical (unpaired) electrons. The fourth-order valence-electron chi connectivity index (χ4n) is 2.85. The number of nitrogens with zero attached hydrogens (tertiary/aromatic N) is 3. The third-order valence-corrected chi connectivity index (χ3v) is 4.02. The highest BCUT2D eigenvalue weighted by atomic mass is 16.6. The Kier molecular flexibility index (Phi) is 4.01. The van der Waals surface area contributed by atoms with E-state index >= 15 is 0 Å². The van der Waals surface area contributed by atoms with E-state index < -0.39 is 36.2 Å². The summed E-state index contributed by atoms with van der Waals surface area (Å²) in [6, 6.07) is 0. The Balaban J connectivity index is 2.18. The van der Waals surface area contributed by atoms with Gasteiger partial charge in [-0.1, -0.05) is 5.16 Å². The molecule has 3 rings (SSSR count). The average Bonchev–Trinajstić information content (AvgIpc) is 3.07. The Morgan fingerprint density at radius 1 is 1.50 bits per heavy atom. The summed E-state index contributed by atoms with van der Waals surface area (Å²) < 4.78 is 6.83. The molecule has 0 aromatic carbocycles. The van der Waals surface area contributed by atoms with Crippen molar-refractivity contribution in [3.8, 4) is 0 Å². The number of fused-ring (bicyclic) bond motifs is 1. The van der Waals surface area contributed by atoms with Gasteiger partial charge in [-0.2, -0.15) is 0 Å². The van der Waals surface area contributed by atoms with Crippen molar-refractivity contribution in [3.63, 3.8) is 0 Å². The van der Waals surface area contributed by atoms with Crippen LogP contribution in [0.2, 0.25) is 0 Å². The Labute approximate surface area is 134 Å². The van der Waals surface area contributed by atoms with E-state index in [1.54, 1.807) is 0 Å². The lowest BCUT2D eigenvalue weighted by Crippen LogP contribution is -2.37. The largest absolute Gasteiger partial charge is 0.409 e. The van der Waals surface area contributed by atoms with Gasteiger partial charge in [-0.3, -0.25) is 4.79 Å². The molecule has 1 saturated heterocycles. The molecule has 11 heteroatoms. The third-order valence-electron chi connectivity index (χ3n) is 4.02. The molecule has 2 aromatic rings. The number of rotatable bonds is 3. The van der Waals surface area contributed by atoms with Crippen molar-refractivity contribution in [1.82, 2.24) is 14.5 Å². The summed E-state index contributed by atoms with van der Waals surface area (Å²) in [4.78, 5) is 18.5. The summed E-state index contributed by atoms with van der Waals surface area (Å²) >= 11 is 0. The number of oxime groups is 1. The van der Waals surface area contributed by atoms with Gasteiger partial charge in [0.1, 0.15) is 24.0 Å². The Morgan fingerprint density at radius 2 is 2.21 bits per heavy atom. The standard InChI is InChI=1S/C13H17N5O6/c1-4(19)9-7(20)8(21)13(24-9)18-2-5(10(14)17-23)6-11(18)15-3-16-12(6)22/h2-4,7-9,13,19-21,23H,1H3,(H2,14,17)(H,15,16,22)/t4-,7+,8-,9-,13?/m1/s1. The molecule has 0 spiro atoms. The minimum atomic E-state index is -1.37. The van der Waals surface area contributed by atoms with Crippen LogP contribution in [0.5, 0.6) is 0 Å². The minimum Gasteiger partial charge on any atom is -0.409 e. The highest BCUT2D eigenvalue weighted by Crippen LogP contribution is 2.33. The van der Waals surface area contributed by atoms with Crippen molar-refractivity contribution in [2.75, 3.05) is 0 Å². The van der Waals surface area contributed by atoms with Crippen molar-refractivity contribution in [3.05, 3.63) is 28.4 Å². The number of aliphatic hydroxyl groups excluding tert-OH is 3. The summed E-state index contributed by atoms with van der Waals surface area (Å²) in [5.74, 6) is -0.322. The van der Waals surface area contributed by atoms with E-state index in [2.05, 4.69) is 15.1 Å². The molecule has 130 valence electrons. The van der Waals surface area contributed by atoms with Crippen LogP contribution in [0.3, 0.4) is 0 Å². The van der Waals surface area contributed by atoms with Crippen molar-refractivity contribution >= 4 is 16.9 Å². The third kappa shape index (κ3) is 2.34. The Bertz CT molecular complexity index is 843. The van der Waals surface area contributed by atoms with Gasteiger partial charge in [0, 0.05) is 6.20 Å². The number of aliphatic hydroxyl groups is 3. The SMILES string of the molecule is C[C@@H](O)[C@H]1OC(n2cc(C(N)=NO)c3c(=O)[nH]cnc32)[C@H](O)[C@@H]1O. The molecule has 24 heavy (non-hydrogen) atoms. The van der Waals surface area contributed by atoms with Crippen LogP contribution in [0.4, 0.5) is 0 Å². The summed E-state index contributed by atoms with van der Waals surface area (Å²) in [5.41, 5.74) is 5.27. The first-order valence-electron chi connectivity index (χ1n) is 7.12. The van der Waals surface area contributed by atoms with Gasteiger partial charge in [0.15, 0.2) is 12.1 Å². The average molecular weight is 339 g/mol. The second kappa shape index (κ2) is 5.87. The molecule has 2 aromatic heterocycles. The summed E-state index contributed by atoms with van der Waals surface area (Å²) in [6.45, 7) is 1.42. The molecule has 7 N–H and O–H groups in total. The molecule has 1 fully saturated rings. The molecule has 3 heterocycles. The fourth-order valence-corrected chi connectivity index (χ4v) is 2.85. The zero-order valence-corrected chi connectivity index (χ0v) is 12.6. The van der Waals surface area contributed by atoms with Gasteiger partial charge < -0.3 is 40.5 Å². The van der Waals surface area contributed by atoms with Crippen LogP contribution in [0.25, 0.3) is 11.0 Å². The number of H-pyrrole nitrogens is 1. The van der Waals surface area contributed by atoms with E-state index in [4.69, 9.17) is 15.7 Å². The molecule has 5 atom stereocenters. The Morgan fingerprint density at radius 3 is 2.79 bits per heavy atom. The quantitative estimate of drug-likeness (QED) is 0.158. The van der Waals surface area contributed by atoms with Gasteiger partial charge in [0.25, 0.3) is 5.56 Å². The van der Waals surface area contributed by atoms with Gasteiger partial charge in [-0.15, -0.1) is 0 Å². The molecule has 11 nitrogen and oxygen atoms in total. The predicted octanol–water partition coefficient (Wildman–Crippen LogP) is -2.18. The van der Waals surface area contributed by atoms with Gasteiger partial charge in [0.2, 0.25) is 0 Å². The predicted molar refractivity (Wildman–Crippen MR) is 80.5 cm³/mol. The van der Waals surface area contributed by atoms with Crippen molar-refractivity contribution in [2.24, 2.45) is 10.9 Å². The summed E-state index contributed by atoms with van der Waals surface area (Å²) in [7, 11) is 0. The lowest BCUT2D eigenvalue weighted by Gasteiger charge is -2.17. The van der Waals surface area contributed by atoms with E-state index in [0.717, 1.165) is 6.33 Å². The van der Waals surface area contributed by atoms with Crippen LogP contribution >= 0.6 is 0 Å². The molecule has 1 aliphatic heterocycles. The fraction of sp³-hybridized carbons (Fsp3) is 0.462. The molecule has 0 amide bonds. The van der Waals surface area contributed by atoms with Gasteiger partial charge in [0.05, 0.1) is 23.4 Å². The van der Waals surface area contributed by atoms with Crippen molar-refractivity contribution in [2.45, 2.75) is 37.6 Å². The lowest BCUT2D eigenvalue weighted by molar-refractivity contribution is -0.0776. The number of aromatic amines is 1. The summed E-state index contributed by atoms with van der Waals surface area (Å²) in [6.07, 6.45) is -3.38. The van der Waals surface area contributed by atoms with Gasteiger partial charge in [-0.05, 0) is 6.92 Å². The number of aromatic nitrogens is 3. The van der Waals surface area contributed by atoms with E-state index in [1.165, 1.54) is 17.7 Å². The second-order valence-corrected chi connectivity index (χ2v) is 5.58. The number of nitrogens with two attached hydrogens (primary N) is 1. The van der Waals surface area contributed by atoms with Crippen LogP contribution in [0.1, 0.15) is 18.7 Å². The number of nitrogens with one attached hydrogen (secondary N) is 1. The molecule has 1 unspecified atom stereocenters. The Hall–Kier alpha value is -2.47. The zero-order valence-electron chi connectivity index (χ0n) is 12.6. The van der Waals surface area contributed by atoms with Crippen LogP contribution in [-0.4, -0.2) is 65.3 Å². The van der Waals surface area contributed by atoms with Crippen molar-refractivity contribution in [1.29, 1.82) is 0 Å². The van der Waals surface area contributed by atoms with Gasteiger partial charge in [-0.25, -0.2) is 4.98 Å². The van der Waals surface area contributed by atoms with Crippen molar-refractivity contribution < 1.29 is 25.3 Å². The maximum absolute atomic E-state index is 12.1. The molecular formula is C13H17N5O6. The molecule has 1 aliphatic rings. The topological polar surface area (TPSA) is 179 Å². The van der Waals surface area contributed by atoms with Crippen LogP contribution < -0.4 is 11.3 Å². The first-order chi connectivity index (χ1) is 11.4. The van der Waals surface area contributed by atoms with E-state index in [0.29, 0.717) is 0 Å². The number of hydrogen-bond acceptors (Lipinski definition) is 8.